The van der Waals surface area contributed by atoms with E-state index in [2.05, 4.69) is 0 Å². The molecule has 7 atom stereocenters. The molecule has 7 heteroatoms. The van der Waals surface area contributed by atoms with Gasteiger partial charge in [0.25, 0.3) is 0 Å². The molecule has 0 saturated heterocycles. The van der Waals surface area contributed by atoms with Crippen LogP contribution in [0.3, 0.4) is 0 Å². The van der Waals surface area contributed by atoms with Gasteiger partial charge in [-0.3, -0.25) is 0 Å². The van der Waals surface area contributed by atoms with Gasteiger partial charge in [-0.25, -0.2) is 0 Å². The summed E-state index contributed by atoms with van der Waals surface area (Å²) in [4.78, 5) is 0. The smallest absolute Gasteiger partial charge is 0.107 e. The molecule has 1 saturated carbocycles. The minimum absolute atomic E-state index is 0.500. The number of aliphatic hydroxyl groups excluding tert-OH is 6. The monoisotopic (exact) mass is 422 g/mol. The highest BCUT2D eigenvalue weighted by Gasteiger charge is 2.48. The minimum Gasteiger partial charge on any atom is -0.396 e. The van der Waals surface area contributed by atoms with E-state index in [4.69, 9.17) is 11.6 Å². The molecule has 1 aliphatic rings. The zero-order valence-corrected chi connectivity index (χ0v) is 16.8. The molecule has 0 amide bonds. The average molecular weight is 423 g/mol. The van der Waals surface area contributed by atoms with Crippen molar-refractivity contribution in [2.75, 3.05) is 6.61 Å². The van der Waals surface area contributed by atoms with Gasteiger partial charge in [0.2, 0.25) is 0 Å². The predicted molar refractivity (Wildman–Crippen MR) is 109 cm³/mol. The summed E-state index contributed by atoms with van der Waals surface area (Å²) in [5.41, 5.74) is 3.12. The number of hydrogen-bond acceptors (Lipinski definition) is 6. The number of hydrogen-bond donors (Lipinski definition) is 6. The summed E-state index contributed by atoms with van der Waals surface area (Å²) in [5.74, 6) is -1.84. The van der Waals surface area contributed by atoms with Gasteiger partial charge >= 0.3 is 0 Å². The first kappa shape index (κ1) is 22.2. The highest BCUT2D eigenvalue weighted by molar-refractivity contribution is 6.31. The standard InChI is InChI=1S/C22H27ClO6/c1-11(25)13-4-2-12(3-5-13)8-15-9-14(6-7-17(15)23)18-19(26)16(10-24)20(27)22(29)21(18)28/h2-7,9,11,16,18-22,24-29H,8,10H2,1H3/t11?,16-,18+,19-,20+,21-,22-/m0/s1. The maximum Gasteiger partial charge on any atom is 0.107 e. The van der Waals surface area contributed by atoms with Crippen LogP contribution in [0.15, 0.2) is 42.5 Å². The Kier molecular flexibility index (Phi) is 6.96. The normalized spacial score (nSPS) is 30.9. The van der Waals surface area contributed by atoms with Gasteiger partial charge < -0.3 is 30.6 Å². The second-order valence-electron chi connectivity index (χ2n) is 7.78. The molecule has 1 fully saturated rings. The van der Waals surface area contributed by atoms with Crippen molar-refractivity contribution in [3.8, 4) is 0 Å². The van der Waals surface area contributed by atoms with Crippen LogP contribution in [0.1, 0.15) is 41.2 Å². The van der Waals surface area contributed by atoms with Gasteiger partial charge in [-0.15, -0.1) is 0 Å². The van der Waals surface area contributed by atoms with E-state index in [-0.39, 0.29) is 0 Å². The fraction of sp³-hybridized carbons (Fsp3) is 0.455. The van der Waals surface area contributed by atoms with Crippen molar-refractivity contribution in [2.45, 2.75) is 49.8 Å². The summed E-state index contributed by atoms with van der Waals surface area (Å²) >= 11 is 6.35. The van der Waals surface area contributed by atoms with Crippen LogP contribution in [-0.4, -0.2) is 61.7 Å². The molecule has 0 heterocycles. The highest BCUT2D eigenvalue weighted by atomic mass is 35.5. The van der Waals surface area contributed by atoms with Crippen LogP contribution in [0.4, 0.5) is 0 Å². The molecule has 1 aliphatic carbocycles. The molecule has 6 nitrogen and oxygen atoms in total. The van der Waals surface area contributed by atoms with Crippen molar-refractivity contribution in [3.63, 3.8) is 0 Å². The van der Waals surface area contributed by atoms with Gasteiger partial charge in [0.15, 0.2) is 0 Å². The Hall–Kier alpha value is -1.51. The summed E-state index contributed by atoms with van der Waals surface area (Å²) in [7, 11) is 0. The lowest BCUT2D eigenvalue weighted by Gasteiger charge is -2.43. The SMILES string of the molecule is CC(O)c1ccc(Cc2cc([C@H]3[C@H](O)[C@@H](O)[C@H](O)[C@@H](CO)[C@@H]3O)ccc2Cl)cc1. The van der Waals surface area contributed by atoms with E-state index in [9.17, 15) is 30.6 Å². The van der Waals surface area contributed by atoms with E-state index in [0.717, 1.165) is 16.7 Å². The van der Waals surface area contributed by atoms with E-state index < -0.39 is 49.0 Å². The third kappa shape index (κ3) is 4.49. The Balaban J connectivity index is 1.89. The molecule has 0 bridgehead atoms. The second kappa shape index (κ2) is 9.10. The van der Waals surface area contributed by atoms with E-state index >= 15 is 0 Å². The molecule has 1 unspecified atom stereocenters. The Morgan fingerprint density at radius 3 is 2.14 bits per heavy atom. The first-order valence-electron chi connectivity index (χ1n) is 9.63. The van der Waals surface area contributed by atoms with E-state index in [0.29, 0.717) is 17.0 Å². The van der Waals surface area contributed by atoms with Gasteiger partial charge in [-0.2, -0.15) is 0 Å². The molecule has 0 aliphatic heterocycles. The predicted octanol–water partition coefficient (Wildman–Crippen LogP) is 1.13. The van der Waals surface area contributed by atoms with Crippen molar-refractivity contribution >= 4 is 11.6 Å². The lowest BCUT2D eigenvalue weighted by molar-refractivity contribution is -0.169. The van der Waals surface area contributed by atoms with Gasteiger partial charge in [0.05, 0.1) is 31.0 Å². The van der Waals surface area contributed by atoms with Crippen molar-refractivity contribution in [2.24, 2.45) is 5.92 Å². The molecule has 0 aromatic heterocycles. The molecule has 3 rings (SSSR count). The zero-order chi connectivity index (χ0) is 21.3. The lowest BCUT2D eigenvalue weighted by atomic mass is 9.70. The highest BCUT2D eigenvalue weighted by Crippen LogP contribution is 2.38. The molecule has 6 N–H and O–H groups in total. The maximum absolute atomic E-state index is 10.6. The Bertz CT molecular complexity index is 825. The van der Waals surface area contributed by atoms with Crippen LogP contribution >= 0.6 is 11.6 Å². The zero-order valence-electron chi connectivity index (χ0n) is 16.1. The third-order valence-electron chi connectivity index (χ3n) is 5.84. The molecule has 29 heavy (non-hydrogen) atoms. The number of halogens is 1. The molecule has 0 spiro atoms. The van der Waals surface area contributed by atoms with Crippen LogP contribution in [0.5, 0.6) is 0 Å². The van der Waals surface area contributed by atoms with Crippen molar-refractivity contribution in [1.82, 2.24) is 0 Å². The van der Waals surface area contributed by atoms with Crippen molar-refractivity contribution < 1.29 is 30.6 Å². The molecule has 0 radical (unpaired) electrons. The molecular formula is C22H27ClO6. The van der Waals surface area contributed by atoms with Gasteiger partial charge in [-0.05, 0) is 41.7 Å². The van der Waals surface area contributed by atoms with Crippen LogP contribution in [0, 0.1) is 5.92 Å². The van der Waals surface area contributed by atoms with Crippen molar-refractivity contribution in [3.05, 3.63) is 69.7 Å². The first-order chi connectivity index (χ1) is 13.7. The van der Waals surface area contributed by atoms with Crippen LogP contribution in [0.2, 0.25) is 5.02 Å². The minimum atomic E-state index is -1.48. The number of aliphatic hydroxyl groups is 6. The lowest BCUT2D eigenvalue weighted by Crippen LogP contribution is -2.58. The summed E-state index contributed by atoms with van der Waals surface area (Å²) in [6.07, 6.45) is -5.56. The number of benzene rings is 2. The fourth-order valence-corrected chi connectivity index (χ4v) is 4.20. The molecule has 2 aromatic carbocycles. The first-order valence-corrected chi connectivity index (χ1v) is 10.0. The average Bonchev–Trinajstić information content (AvgIpc) is 2.69. The van der Waals surface area contributed by atoms with Crippen molar-refractivity contribution in [1.29, 1.82) is 0 Å². The summed E-state index contributed by atoms with van der Waals surface area (Å²) in [6, 6.07) is 12.6. The van der Waals surface area contributed by atoms with Gasteiger partial charge in [0.1, 0.15) is 6.10 Å². The maximum atomic E-state index is 10.6. The molecule has 158 valence electrons. The quantitative estimate of drug-likeness (QED) is 0.429. The Labute approximate surface area is 174 Å². The third-order valence-corrected chi connectivity index (χ3v) is 6.20. The van der Waals surface area contributed by atoms with E-state index in [1.807, 2.05) is 24.3 Å². The Morgan fingerprint density at radius 1 is 0.897 bits per heavy atom. The summed E-state index contributed by atoms with van der Waals surface area (Å²) in [6.45, 7) is 1.18. The van der Waals surface area contributed by atoms with E-state index in [1.54, 1.807) is 25.1 Å². The largest absolute Gasteiger partial charge is 0.396 e. The molecular weight excluding hydrogens is 396 g/mol. The Morgan fingerprint density at radius 2 is 1.55 bits per heavy atom. The summed E-state index contributed by atoms with van der Waals surface area (Å²) in [5, 5.41) is 60.9. The van der Waals surface area contributed by atoms with Crippen LogP contribution in [0.25, 0.3) is 0 Å². The van der Waals surface area contributed by atoms with Gasteiger partial charge in [-0.1, -0.05) is 48.0 Å². The van der Waals surface area contributed by atoms with Crippen LogP contribution in [-0.2, 0) is 6.42 Å². The number of rotatable bonds is 5. The van der Waals surface area contributed by atoms with Gasteiger partial charge in [0, 0.05) is 16.9 Å². The molecule has 2 aromatic rings. The fourth-order valence-electron chi connectivity index (χ4n) is 4.02. The summed E-state index contributed by atoms with van der Waals surface area (Å²) < 4.78 is 0. The topological polar surface area (TPSA) is 121 Å². The second-order valence-corrected chi connectivity index (χ2v) is 8.19. The van der Waals surface area contributed by atoms with E-state index in [1.165, 1.54) is 0 Å². The van der Waals surface area contributed by atoms with Crippen LogP contribution < -0.4 is 0 Å².